The molecule has 0 saturated carbocycles. The standard InChI is InChI=1S/C32H43F3N6O3/c1-22-23(7-5-8-25(22)32(33,34)35)15-27-26(37-28-36-16-24(17-41(27)28)39-11-13-43-14-12-39)18-38-10-6-9-31(19-38)20-40(21-31)29(42)44-30(2,3)4/h5,7-8,16-17,29,42H,6,9-15,18-21H2,1-4H3. The van der Waals surface area contributed by atoms with Crippen molar-refractivity contribution in [3.63, 3.8) is 0 Å². The van der Waals surface area contributed by atoms with Gasteiger partial charge in [-0.05, 0) is 64.3 Å². The van der Waals surface area contributed by atoms with Crippen molar-refractivity contribution in [2.45, 2.75) is 71.7 Å². The zero-order chi connectivity index (χ0) is 31.3. The van der Waals surface area contributed by atoms with E-state index in [4.69, 9.17) is 14.5 Å². The highest BCUT2D eigenvalue weighted by molar-refractivity contribution is 5.50. The third kappa shape index (κ3) is 6.60. The number of morpholine rings is 1. The SMILES string of the molecule is Cc1c(Cc2c(CN3CCCC4(C3)CN(C(O)OC(C)(C)C)C4)nc3ncc(N4CCOCC4)cn23)cccc1C(F)(F)F. The molecule has 0 radical (unpaired) electrons. The van der Waals surface area contributed by atoms with Gasteiger partial charge in [0.25, 0.3) is 0 Å². The maximum absolute atomic E-state index is 13.8. The molecular formula is C32H43F3N6O3. The summed E-state index contributed by atoms with van der Waals surface area (Å²) in [5.74, 6) is 0.542. The highest BCUT2D eigenvalue weighted by Gasteiger charge is 2.48. The molecule has 1 spiro atoms. The molecule has 1 aromatic carbocycles. The molecular weight excluding hydrogens is 573 g/mol. The summed E-state index contributed by atoms with van der Waals surface area (Å²) in [5.41, 5.74) is 2.51. The zero-order valence-corrected chi connectivity index (χ0v) is 26.0. The van der Waals surface area contributed by atoms with E-state index in [1.54, 1.807) is 13.0 Å². The third-order valence-electron chi connectivity index (χ3n) is 9.10. The maximum Gasteiger partial charge on any atom is 0.416 e. The first-order chi connectivity index (χ1) is 20.8. The normalized spacial score (nSPS) is 20.8. The van der Waals surface area contributed by atoms with Crippen molar-refractivity contribution in [1.82, 2.24) is 24.2 Å². The van der Waals surface area contributed by atoms with Gasteiger partial charge < -0.3 is 19.5 Å². The minimum Gasteiger partial charge on any atom is -0.378 e. The number of fused-ring (bicyclic) bond motifs is 1. The van der Waals surface area contributed by atoms with Crippen LogP contribution in [0.4, 0.5) is 18.9 Å². The summed E-state index contributed by atoms with van der Waals surface area (Å²) < 4.78 is 54.7. The maximum atomic E-state index is 13.8. The van der Waals surface area contributed by atoms with E-state index < -0.39 is 23.8 Å². The van der Waals surface area contributed by atoms with Gasteiger partial charge in [-0.3, -0.25) is 14.2 Å². The third-order valence-corrected chi connectivity index (χ3v) is 9.10. The van der Waals surface area contributed by atoms with Gasteiger partial charge >= 0.3 is 6.18 Å². The van der Waals surface area contributed by atoms with Gasteiger partial charge in [0.15, 0.2) is 0 Å². The number of halogens is 3. The monoisotopic (exact) mass is 616 g/mol. The van der Waals surface area contributed by atoms with Crippen molar-refractivity contribution in [2.24, 2.45) is 5.41 Å². The van der Waals surface area contributed by atoms with Gasteiger partial charge in [0.1, 0.15) is 0 Å². The predicted molar refractivity (Wildman–Crippen MR) is 160 cm³/mol. The van der Waals surface area contributed by atoms with Gasteiger partial charge in [-0.25, -0.2) is 9.97 Å². The molecule has 3 aromatic rings. The van der Waals surface area contributed by atoms with Crippen molar-refractivity contribution in [3.05, 3.63) is 58.7 Å². The number of aliphatic hydroxyl groups is 1. The first-order valence-corrected chi connectivity index (χ1v) is 15.5. The fourth-order valence-electron chi connectivity index (χ4n) is 6.95. The molecule has 5 heterocycles. The number of rotatable bonds is 7. The number of benzene rings is 1. The lowest BCUT2D eigenvalue weighted by atomic mass is 9.73. The quantitative estimate of drug-likeness (QED) is 0.390. The van der Waals surface area contributed by atoms with Crippen LogP contribution in [0.2, 0.25) is 0 Å². The minimum atomic E-state index is -4.42. The topological polar surface area (TPSA) is 78.6 Å². The second-order valence-corrected chi connectivity index (χ2v) is 13.6. The number of ether oxygens (including phenoxy) is 2. The van der Waals surface area contributed by atoms with Gasteiger partial charge in [-0.2, -0.15) is 13.2 Å². The molecule has 0 bridgehead atoms. The summed E-state index contributed by atoms with van der Waals surface area (Å²) >= 11 is 0. The number of hydrogen-bond donors (Lipinski definition) is 1. The second kappa shape index (κ2) is 11.9. The van der Waals surface area contributed by atoms with E-state index >= 15 is 0 Å². The molecule has 240 valence electrons. The Hall–Kier alpha value is -2.77. The van der Waals surface area contributed by atoms with Crippen molar-refractivity contribution >= 4 is 11.5 Å². The summed E-state index contributed by atoms with van der Waals surface area (Å²) in [4.78, 5) is 16.2. The van der Waals surface area contributed by atoms with Gasteiger partial charge in [0.05, 0.1) is 47.7 Å². The van der Waals surface area contributed by atoms with Crippen LogP contribution >= 0.6 is 0 Å². The molecule has 3 aliphatic rings. The van der Waals surface area contributed by atoms with E-state index in [0.29, 0.717) is 37.5 Å². The predicted octanol–water partition coefficient (Wildman–Crippen LogP) is 4.47. The number of piperidine rings is 1. The Kier molecular flexibility index (Phi) is 8.42. The number of aromatic nitrogens is 3. The highest BCUT2D eigenvalue weighted by atomic mass is 19.4. The van der Waals surface area contributed by atoms with Crippen LogP contribution in [0.3, 0.4) is 0 Å². The Morgan fingerprint density at radius 1 is 1.09 bits per heavy atom. The molecule has 1 N–H and O–H groups in total. The zero-order valence-electron chi connectivity index (χ0n) is 26.0. The van der Waals surface area contributed by atoms with Crippen LogP contribution in [0.25, 0.3) is 5.78 Å². The summed E-state index contributed by atoms with van der Waals surface area (Å²) in [7, 11) is 0. The van der Waals surface area contributed by atoms with Crippen LogP contribution in [-0.4, -0.2) is 93.8 Å². The number of likely N-dealkylation sites (tertiary alicyclic amines) is 2. The Morgan fingerprint density at radius 3 is 2.55 bits per heavy atom. The van der Waals surface area contributed by atoms with E-state index in [2.05, 4.69) is 14.8 Å². The summed E-state index contributed by atoms with van der Waals surface area (Å²) in [6.07, 6.45) is 0.902. The van der Waals surface area contributed by atoms with Crippen molar-refractivity contribution in [3.8, 4) is 0 Å². The lowest BCUT2D eigenvalue weighted by Gasteiger charge is -2.56. The molecule has 44 heavy (non-hydrogen) atoms. The Bertz CT molecular complexity index is 1470. The Labute approximate surface area is 256 Å². The molecule has 9 nitrogen and oxygen atoms in total. The molecule has 1 unspecified atom stereocenters. The average Bonchev–Trinajstić information content (AvgIpc) is 3.27. The fourth-order valence-corrected chi connectivity index (χ4v) is 6.95. The van der Waals surface area contributed by atoms with E-state index in [-0.39, 0.29) is 11.0 Å². The number of alkyl halides is 3. The number of imidazole rings is 1. The molecule has 3 aliphatic heterocycles. The summed E-state index contributed by atoms with van der Waals surface area (Å²) in [5, 5.41) is 10.6. The first kappa shape index (κ1) is 31.2. The van der Waals surface area contributed by atoms with Crippen LogP contribution in [-0.2, 0) is 28.6 Å². The highest BCUT2D eigenvalue weighted by Crippen LogP contribution is 2.41. The van der Waals surface area contributed by atoms with Crippen LogP contribution in [0.5, 0.6) is 0 Å². The molecule has 12 heteroatoms. The van der Waals surface area contributed by atoms with Gasteiger partial charge in [0.2, 0.25) is 12.2 Å². The van der Waals surface area contributed by atoms with Gasteiger partial charge in [-0.15, -0.1) is 0 Å². The van der Waals surface area contributed by atoms with Crippen LogP contribution in [0, 0.1) is 12.3 Å². The van der Waals surface area contributed by atoms with Crippen molar-refractivity contribution in [2.75, 3.05) is 57.4 Å². The van der Waals surface area contributed by atoms with Gasteiger partial charge in [0, 0.05) is 57.3 Å². The van der Waals surface area contributed by atoms with E-state index in [1.165, 1.54) is 6.07 Å². The van der Waals surface area contributed by atoms with Crippen molar-refractivity contribution < 1.29 is 27.8 Å². The fraction of sp³-hybridized carbons (Fsp3) is 0.625. The number of hydrogen-bond acceptors (Lipinski definition) is 8. The van der Waals surface area contributed by atoms with Crippen LogP contribution in [0.1, 0.15) is 61.7 Å². The second-order valence-electron chi connectivity index (χ2n) is 13.6. The minimum absolute atomic E-state index is 0.0686. The van der Waals surface area contributed by atoms with Crippen LogP contribution < -0.4 is 4.90 Å². The number of anilines is 1. The van der Waals surface area contributed by atoms with Crippen LogP contribution in [0.15, 0.2) is 30.6 Å². The number of nitrogens with zero attached hydrogens (tertiary/aromatic N) is 6. The van der Waals surface area contributed by atoms with E-state index in [9.17, 15) is 18.3 Å². The molecule has 2 aromatic heterocycles. The molecule has 3 fully saturated rings. The molecule has 0 aliphatic carbocycles. The molecule has 6 rings (SSSR count). The lowest BCUT2D eigenvalue weighted by molar-refractivity contribution is -0.278. The van der Waals surface area contributed by atoms with Crippen molar-refractivity contribution in [1.29, 1.82) is 0 Å². The summed E-state index contributed by atoms with van der Waals surface area (Å²) in [6, 6.07) is 4.40. The van der Waals surface area contributed by atoms with E-state index in [1.807, 2.05) is 42.5 Å². The first-order valence-electron chi connectivity index (χ1n) is 15.5. The smallest absolute Gasteiger partial charge is 0.378 e. The Balaban J connectivity index is 1.28. The molecule has 1 atom stereocenters. The average molecular weight is 617 g/mol. The lowest BCUT2D eigenvalue weighted by Crippen LogP contribution is -2.66. The van der Waals surface area contributed by atoms with E-state index in [0.717, 1.165) is 75.3 Å². The summed E-state index contributed by atoms with van der Waals surface area (Å²) in [6.45, 7) is 14.0. The molecule has 0 amide bonds. The largest absolute Gasteiger partial charge is 0.416 e. The molecule has 3 saturated heterocycles. The van der Waals surface area contributed by atoms with Gasteiger partial charge in [-0.1, -0.05) is 12.1 Å². The number of aliphatic hydroxyl groups excluding tert-OH is 1. The Morgan fingerprint density at radius 2 is 1.84 bits per heavy atom.